The van der Waals surface area contributed by atoms with Crippen LogP contribution in [0.1, 0.15) is 15.9 Å². The van der Waals surface area contributed by atoms with Crippen LogP contribution in [0.2, 0.25) is 5.02 Å². The molecule has 0 fully saturated rings. The highest BCUT2D eigenvalue weighted by atomic mass is 79.9. The molecule has 2 aromatic rings. The van der Waals surface area contributed by atoms with E-state index in [0.717, 1.165) is 0 Å². The Morgan fingerprint density at radius 1 is 1.44 bits per heavy atom. The second kappa shape index (κ2) is 4.39. The lowest BCUT2D eigenvalue weighted by Crippen LogP contribution is -1.99. The summed E-state index contributed by atoms with van der Waals surface area (Å²) >= 11 is 9.15. The zero-order valence-corrected chi connectivity index (χ0v) is 10.8. The standard InChI is InChI=1S/C11H8BrClN2O/c1-15-6-8(5-14-15)11(16)7-2-3-10(13)9(12)4-7/h2-6H,1H3. The fourth-order valence-corrected chi connectivity index (χ4v) is 1.84. The Morgan fingerprint density at radius 3 is 2.75 bits per heavy atom. The van der Waals surface area contributed by atoms with E-state index in [1.54, 1.807) is 42.3 Å². The maximum atomic E-state index is 12.0. The van der Waals surface area contributed by atoms with Gasteiger partial charge in [-0.05, 0) is 34.1 Å². The Bertz CT molecular complexity index is 551. The number of rotatable bonds is 2. The first-order chi connectivity index (χ1) is 7.58. The minimum atomic E-state index is -0.0644. The van der Waals surface area contributed by atoms with Crippen molar-refractivity contribution in [2.24, 2.45) is 7.05 Å². The minimum Gasteiger partial charge on any atom is -0.288 e. The zero-order chi connectivity index (χ0) is 11.7. The third kappa shape index (κ3) is 2.18. The Kier molecular flexibility index (Phi) is 3.12. The van der Waals surface area contributed by atoms with Crippen molar-refractivity contribution >= 4 is 33.3 Å². The largest absolute Gasteiger partial charge is 0.288 e. The number of carbonyl (C=O) groups excluding carboxylic acids is 1. The smallest absolute Gasteiger partial charge is 0.196 e. The van der Waals surface area contributed by atoms with Gasteiger partial charge < -0.3 is 0 Å². The SMILES string of the molecule is Cn1cc(C(=O)c2ccc(Cl)c(Br)c2)cn1. The van der Waals surface area contributed by atoms with E-state index in [9.17, 15) is 4.79 Å². The molecule has 0 amide bonds. The Morgan fingerprint density at radius 2 is 2.19 bits per heavy atom. The van der Waals surface area contributed by atoms with Gasteiger partial charge in [-0.15, -0.1) is 0 Å². The molecule has 0 saturated carbocycles. The topological polar surface area (TPSA) is 34.9 Å². The number of carbonyl (C=O) groups is 1. The predicted molar refractivity (Wildman–Crippen MR) is 65.8 cm³/mol. The van der Waals surface area contributed by atoms with Crippen LogP contribution in [0.4, 0.5) is 0 Å². The number of aromatic nitrogens is 2. The maximum absolute atomic E-state index is 12.0. The molecule has 0 aliphatic carbocycles. The summed E-state index contributed by atoms with van der Waals surface area (Å²) in [6, 6.07) is 5.09. The first-order valence-electron chi connectivity index (χ1n) is 4.56. The summed E-state index contributed by atoms with van der Waals surface area (Å²) < 4.78 is 2.31. The van der Waals surface area contributed by atoms with E-state index < -0.39 is 0 Å². The average molecular weight is 300 g/mol. The number of hydrogen-bond donors (Lipinski definition) is 0. The summed E-state index contributed by atoms with van der Waals surface area (Å²) in [6.07, 6.45) is 3.23. The normalized spacial score (nSPS) is 10.4. The van der Waals surface area contributed by atoms with Crippen molar-refractivity contribution in [3.05, 3.63) is 51.2 Å². The molecule has 0 N–H and O–H groups in total. The molecule has 1 aromatic carbocycles. The monoisotopic (exact) mass is 298 g/mol. The van der Waals surface area contributed by atoms with Crippen LogP contribution < -0.4 is 0 Å². The van der Waals surface area contributed by atoms with Crippen LogP contribution in [0.3, 0.4) is 0 Å². The number of aryl methyl sites for hydroxylation is 1. The van der Waals surface area contributed by atoms with Crippen molar-refractivity contribution in [1.29, 1.82) is 0 Å². The van der Waals surface area contributed by atoms with Gasteiger partial charge in [-0.2, -0.15) is 5.10 Å². The second-order valence-corrected chi connectivity index (χ2v) is 4.62. The van der Waals surface area contributed by atoms with Gasteiger partial charge in [0, 0.05) is 23.3 Å². The van der Waals surface area contributed by atoms with Gasteiger partial charge in [-0.1, -0.05) is 11.6 Å². The molecule has 82 valence electrons. The maximum Gasteiger partial charge on any atom is 0.196 e. The molecule has 0 unspecified atom stereocenters. The lowest BCUT2D eigenvalue weighted by molar-refractivity contribution is 0.103. The Balaban J connectivity index is 2.38. The summed E-state index contributed by atoms with van der Waals surface area (Å²) in [6.45, 7) is 0. The lowest BCUT2D eigenvalue weighted by atomic mass is 10.1. The van der Waals surface area contributed by atoms with Crippen LogP contribution in [0.15, 0.2) is 35.1 Å². The van der Waals surface area contributed by atoms with E-state index in [0.29, 0.717) is 20.6 Å². The Hall–Kier alpha value is -1.13. The van der Waals surface area contributed by atoms with Crippen molar-refractivity contribution in [2.75, 3.05) is 0 Å². The van der Waals surface area contributed by atoms with Gasteiger partial charge >= 0.3 is 0 Å². The second-order valence-electron chi connectivity index (χ2n) is 3.36. The van der Waals surface area contributed by atoms with Gasteiger partial charge in [0.2, 0.25) is 0 Å². The summed E-state index contributed by atoms with van der Waals surface area (Å²) in [5, 5.41) is 4.55. The van der Waals surface area contributed by atoms with Crippen molar-refractivity contribution in [3.8, 4) is 0 Å². The van der Waals surface area contributed by atoms with Gasteiger partial charge in [0.05, 0.1) is 16.8 Å². The molecule has 5 heteroatoms. The molecule has 1 aromatic heterocycles. The first-order valence-corrected chi connectivity index (χ1v) is 5.73. The van der Waals surface area contributed by atoms with Gasteiger partial charge in [-0.3, -0.25) is 9.48 Å². The van der Waals surface area contributed by atoms with Crippen molar-refractivity contribution in [2.45, 2.75) is 0 Å². The molecular weight excluding hydrogens is 291 g/mol. The van der Waals surface area contributed by atoms with Crippen LogP contribution in [0, 0.1) is 0 Å². The summed E-state index contributed by atoms with van der Waals surface area (Å²) in [4.78, 5) is 12.0. The molecule has 0 radical (unpaired) electrons. The fourth-order valence-electron chi connectivity index (χ4n) is 1.34. The third-order valence-electron chi connectivity index (χ3n) is 2.15. The molecule has 2 rings (SSSR count). The Labute approximate surface area is 106 Å². The summed E-state index contributed by atoms with van der Waals surface area (Å²) in [7, 11) is 1.77. The van der Waals surface area contributed by atoms with Crippen molar-refractivity contribution in [3.63, 3.8) is 0 Å². The van der Waals surface area contributed by atoms with Crippen LogP contribution in [-0.2, 0) is 7.05 Å². The molecule has 0 aliphatic rings. The minimum absolute atomic E-state index is 0.0644. The van der Waals surface area contributed by atoms with Crippen molar-refractivity contribution < 1.29 is 4.79 Å². The summed E-state index contributed by atoms with van der Waals surface area (Å²) in [5.41, 5.74) is 1.15. The van der Waals surface area contributed by atoms with Crippen LogP contribution in [-0.4, -0.2) is 15.6 Å². The van der Waals surface area contributed by atoms with E-state index >= 15 is 0 Å². The number of hydrogen-bond acceptors (Lipinski definition) is 2. The highest BCUT2D eigenvalue weighted by Gasteiger charge is 2.11. The highest BCUT2D eigenvalue weighted by Crippen LogP contribution is 2.24. The fraction of sp³-hybridized carbons (Fsp3) is 0.0909. The molecule has 1 heterocycles. The predicted octanol–water partition coefficient (Wildman–Crippen LogP) is 3.07. The quantitative estimate of drug-likeness (QED) is 0.799. The van der Waals surface area contributed by atoms with E-state index in [1.807, 2.05) is 0 Å². The van der Waals surface area contributed by atoms with Gasteiger partial charge in [-0.25, -0.2) is 0 Å². The van der Waals surface area contributed by atoms with Gasteiger partial charge in [0.25, 0.3) is 0 Å². The van der Waals surface area contributed by atoms with Gasteiger partial charge in [0.15, 0.2) is 5.78 Å². The molecule has 0 bridgehead atoms. The van der Waals surface area contributed by atoms with E-state index in [4.69, 9.17) is 11.6 Å². The summed E-state index contributed by atoms with van der Waals surface area (Å²) in [5.74, 6) is -0.0644. The average Bonchev–Trinajstić information content (AvgIpc) is 2.68. The molecule has 0 saturated heterocycles. The molecule has 0 spiro atoms. The molecule has 0 atom stereocenters. The lowest BCUT2D eigenvalue weighted by Gasteiger charge is -2.00. The molecule has 16 heavy (non-hydrogen) atoms. The molecule has 0 aliphatic heterocycles. The van der Waals surface area contributed by atoms with Crippen molar-refractivity contribution in [1.82, 2.24) is 9.78 Å². The number of nitrogens with zero attached hydrogens (tertiary/aromatic N) is 2. The number of benzene rings is 1. The molecule has 3 nitrogen and oxygen atoms in total. The van der Waals surface area contributed by atoms with Crippen LogP contribution in [0.25, 0.3) is 0 Å². The highest BCUT2D eigenvalue weighted by molar-refractivity contribution is 9.10. The number of ketones is 1. The first kappa shape index (κ1) is 11.4. The van der Waals surface area contributed by atoms with E-state index in [1.165, 1.54) is 0 Å². The van der Waals surface area contributed by atoms with Gasteiger partial charge in [0.1, 0.15) is 0 Å². The van der Waals surface area contributed by atoms with E-state index in [2.05, 4.69) is 21.0 Å². The molecular formula is C11H8BrClN2O. The zero-order valence-electron chi connectivity index (χ0n) is 8.45. The third-order valence-corrected chi connectivity index (χ3v) is 3.36. The van der Waals surface area contributed by atoms with E-state index in [-0.39, 0.29) is 5.78 Å². The van der Waals surface area contributed by atoms with Crippen LogP contribution in [0.5, 0.6) is 0 Å². The van der Waals surface area contributed by atoms with Crippen LogP contribution >= 0.6 is 27.5 Å². The number of halogens is 2.